The van der Waals surface area contributed by atoms with Gasteiger partial charge in [-0.3, -0.25) is 0 Å². The van der Waals surface area contributed by atoms with E-state index in [4.69, 9.17) is 10.5 Å². The molecule has 0 radical (unpaired) electrons. The Bertz CT molecular complexity index is 353. The molecule has 1 rings (SSSR count). The van der Waals surface area contributed by atoms with Crippen LogP contribution in [0.3, 0.4) is 0 Å². The van der Waals surface area contributed by atoms with Crippen molar-refractivity contribution in [2.75, 3.05) is 12.3 Å². The molecule has 2 N–H and O–H groups in total. The summed E-state index contributed by atoms with van der Waals surface area (Å²) >= 11 is 0. The van der Waals surface area contributed by atoms with Crippen LogP contribution >= 0.6 is 0 Å². The first-order chi connectivity index (χ1) is 6.63. The van der Waals surface area contributed by atoms with E-state index in [1.165, 1.54) is 6.08 Å². The Kier molecular flexibility index (Phi) is 3.34. The summed E-state index contributed by atoms with van der Waals surface area (Å²) in [7, 11) is 1.86. The largest absolute Gasteiger partial charge is 0.463 e. The average molecular weight is 194 g/mol. The number of aromatic nitrogens is 1. The minimum absolute atomic E-state index is 0.340. The molecule has 0 atom stereocenters. The maximum absolute atomic E-state index is 11.0. The summed E-state index contributed by atoms with van der Waals surface area (Å²) in [4.78, 5) is 11.0. The lowest BCUT2D eigenvalue weighted by molar-refractivity contribution is -0.137. The Morgan fingerprint density at radius 3 is 2.93 bits per heavy atom. The highest BCUT2D eigenvalue weighted by molar-refractivity contribution is 5.86. The van der Waals surface area contributed by atoms with Gasteiger partial charge < -0.3 is 15.0 Å². The Morgan fingerprint density at radius 1 is 1.71 bits per heavy atom. The topological polar surface area (TPSA) is 57.2 Å². The number of nitrogen functional groups attached to an aromatic ring is 1. The number of esters is 1. The molecule has 14 heavy (non-hydrogen) atoms. The van der Waals surface area contributed by atoms with Crippen molar-refractivity contribution in [3.63, 3.8) is 0 Å². The van der Waals surface area contributed by atoms with Crippen molar-refractivity contribution in [2.45, 2.75) is 6.92 Å². The van der Waals surface area contributed by atoms with E-state index < -0.39 is 0 Å². The standard InChI is InChI=1S/C10H14N2O2/c1-3-14-10(13)5-4-9-6-8(11)7-12(9)2/h4-7H,3,11H2,1-2H3/b5-4+. The fourth-order valence-electron chi connectivity index (χ4n) is 1.12. The molecule has 0 bridgehead atoms. The number of ether oxygens (including phenoxy) is 1. The maximum atomic E-state index is 11.0. The number of hydrogen-bond acceptors (Lipinski definition) is 3. The molecule has 0 spiro atoms. The summed E-state index contributed by atoms with van der Waals surface area (Å²) in [5.41, 5.74) is 7.12. The van der Waals surface area contributed by atoms with Crippen molar-refractivity contribution in [1.29, 1.82) is 0 Å². The molecule has 4 nitrogen and oxygen atoms in total. The van der Waals surface area contributed by atoms with Gasteiger partial charge in [0.1, 0.15) is 0 Å². The molecule has 4 heteroatoms. The minimum atomic E-state index is -0.340. The van der Waals surface area contributed by atoms with Gasteiger partial charge >= 0.3 is 5.97 Å². The van der Waals surface area contributed by atoms with Crippen LogP contribution in [0.5, 0.6) is 0 Å². The molecule has 0 aromatic carbocycles. The molecule has 1 heterocycles. The summed E-state index contributed by atoms with van der Waals surface area (Å²) in [6.45, 7) is 2.16. The van der Waals surface area contributed by atoms with Gasteiger partial charge in [0, 0.05) is 30.7 Å². The van der Waals surface area contributed by atoms with E-state index in [0.29, 0.717) is 12.3 Å². The van der Waals surface area contributed by atoms with Crippen LogP contribution in [0.2, 0.25) is 0 Å². The summed E-state index contributed by atoms with van der Waals surface area (Å²) in [5, 5.41) is 0. The quantitative estimate of drug-likeness (QED) is 0.580. The van der Waals surface area contributed by atoms with Crippen molar-refractivity contribution >= 4 is 17.7 Å². The normalized spacial score (nSPS) is 10.7. The third-order valence-corrected chi connectivity index (χ3v) is 1.74. The molecule has 1 aromatic heterocycles. The molecular formula is C10H14N2O2. The summed E-state index contributed by atoms with van der Waals surface area (Å²) < 4.78 is 6.58. The van der Waals surface area contributed by atoms with Crippen LogP contribution < -0.4 is 5.73 Å². The first-order valence-corrected chi connectivity index (χ1v) is 4.40. The van der Waals surface area contributed by atoms with E-state index in [1.54, 1.807) is 25.3 Å². The Hall–Kier alpha value is -1.71. The summed E-state index contributed by atoms with van der Waals surface area (Å²) in [5.74, 6) is -0.340. The molecule has 0 aliphatic rings. The smallest absolute Gasteiger partial charge is 0.330 e. The predicted octanol–water partition coefficient (Wildman–Crippen LogP) is 1.18. The van der Waals surface area contributed by atoms with Crippen molar-refractivity contribution in [2.24, 2.45) is 7.05 Å². The molecule has 0 saturated carbocycles. The maximum Gasteiger partial charge on any atom is 0.330 e. The zero-order valence-corrected chi connectivity index (χ0v) is 8.36. The number of carbonyl (C=O) groups excluding carboxylic acids is 1. The second-order valence-corrected chi connectivity index (χ2v) is 2.89. The zero-order chi connectivity index (χ0) is 10.6. The molecular weight excluding hydrogens is 180 g/mol. The van der Waals surface area contributed by atoms with Crippen LogP contribution in [0, 0.1) is 0 Å². The number of hydrogen-bond donors (Lipinski definition) is 1. The van der Waals surface area contributed by atoms with E-state index in [2.05, 4.69) is 0 Å². The number of nitrogens with zero attached hydrogens (tertiary/aromatic N) is 1. The molecule has 0 saturated heterocycles. The van der Waals surface area contributed by atoms with Crippen LogP contribution in [0.15, 0.2) is 18.3 Å². The SMILES string of the molecule is CCOC(=O)/C=C/c1cc(N)cn1C. The van der Waals surface area contributed by atoms with Crippen LogP contribution in [0.4, 0.5) is 5.69 Å². The third kappa shape index (κ3) is 2.65. The molecule has 0 unspecified atom stereocenters. The molecule has 0 fully saturated rings. The van der Waals surface area contributed by atoms with E-state index in [0.717, 1.165) is 5.69 Å². The first kappa shape index (κ1) is 10.4. The van der Waals surface area contributed by atoms with Gasteiger partial charge in [-0.2, -0.15) is 0 Å². The molecule has 0 aliphatic heterocycles. The van der Waals surface area contributed by atoms with Gasteiger partial charge in [0.15, 0.2) is 0 Å². The monoisotopic (exact) mass is 194 g/mol. The second-order valence-electron chi connectivity index (χ2n) is 2.89. The van der Waals surface area contributed by atoms with Crippen molar-refractivity contribution < 1.29 is 9.53 Å². The highest BCUT2D eigenvalue weighted by atomic mass is 16.5. The van der Waals surface area contributed by atoms with Gasteiger partial charge in [-0.1, -0.05) is 0 Å². The summed E-state index contributed by atoms with van der Waals surface area (Å²) in [6, 6.07) is 1.79. The van der Waals surface area contributed by atoms with Crippen molar-refractivity contribution in [3.8, 4) is 0 Å². The Labute approximate surface area is 83.0 Å². The lowest BCUT2D eigenvalue weighted by Gasteiger charge is -1.96. The molecule has 0 aliphatic carbocycles. The van der Waals surface area contributed by atoms with Gasteiger partial charge in [0.05, 0.1) is 6.61 Å². The van der Waals surface area contributed by atoms with Crippen molar-refractivity contribution in [3.05, 3.63) is 24.0 Å². The Morgan fingerprint density at radius 2 is 2.43 bits per heavy atom. The molecule has 1 aromatic rings. The van der Waals surface area contributed by atoms with E-state index in [-0.39, 0.29) is 5.97 Å². The number of aryl methyl sites for hydroxylation is 1. The third-order valence-electron chi connectivity index (χ3n) is 1.74. The van der Waals surface area contributed by atoms with Crippen LogP contribution in [0.1, 0.15) is 12.6 Å². The van der Waals surface area contributed by atoms with E-state index in [1.807, 2.05) is 11.6 Å². The molecule has 0 amide bonds. The number of nitrogens with two attached hydrogens (primary N) is 1. The molecule has 76 valence electrons. The highest BCUT2D eigenvalue weighted by Gasteiger charge is 1.98. The predicted molar refractivity (Wildman–Crippen MR) is 55.5 cm³/mol. The lowest BCUT2D eigenvalue weighted by atomic mass is 10.3. The average Bonchev–Trinajstić information content (AvgIpc) is 2.42. The van der Waals surface area contributed by atoms with Gasteiger partial charge in [-0.15, -0.1) is 0 Å². The second kappa shape index (κ2) is 4.50. The van der Waals surface area contributed by atoms with E-state index in [9.17, 15) is 4.79 Å². The van der Waals surface area contributed by atoms with E-state index >= 15 is 0 Å². The Balaban J connectivity index is 2.68. The van der Waals surface area contributed by atoms with Crippen LogP contribution in [0.25, 0.3) is 6.08 Å². The van der Waals surface area contributed by atoms with Crippen LogP contribution in [-0.4, -0.2) is 17.1 Å². The van der Waals surface area contributed by atoms with Crippen molar-refractivity contribution in [1.82, 2.24) is 4.57 Å². The van der Waals surface area contributed by atoms with Crippen LogP contribution in [-0.2, 0) is 16.6 Å². The highest BCUT2D eigenvalue weighted by Crippen LogP contribution is 2.10. The van der Waals surface area contributed by atoms with Gasteiger partial charge in [-0.25, -0.2) is 4.79 Å². The summed E-state index contributed by atoms with van der Waals surface area (Å²) in [6.07, 6.45) is 4.84. The minimum Gasteiger partial charge on any atom is -0.463 e. The number of rotatable bonds is 3. The van der Waals surface area contributed by atoms with Gasteiger partial charge in [0.25, 0.3) is 0 Å². The first-order valence-electron chi connectivity index (χ1n) is 4.40. The number of carbonyl (C=O) groups is 1. The fraction of sp³-hybridized carbons (Fsp3) is 0.300. The van der Waals surface area contributed by atoms with Gasteiger partial charge in [-0.05, 0) is 19.1 Å². The number of anilines is 1. The lowest BCUT2D eigenvalue weighted by Crippen LogP contribution is -1.99. The fourth-order valence-corrected chi connectivity index (χ4v) is 1.12. The zero-order valence-electron chi connectivity index (χ0n) is 8.36. The van der Waals surface area contributed by atoms with Gasteiger partial charge in [0.2, 0.25) is 0 Å².